The summed E-state index contributed by atoms with van der Waals surface area (Å²) < 4.78 is 0. The largest absolute Gasteiger partial charge is 0.321 e. The lowest BCUT2D eigenvalue weighted by molar-refractivity contribution is 0.800. The molecule has 0 atom stereocenters. The van der Waals surface area contributed by atoms with Crippen LogP contribution in [0.3, 0.4) is 0 Å². The van der Waals surface area contributed by atoms with Gasteiger partial charge in [0.1, 0.15) is 0 Å². The molecule has 3 heteroatoms. The zero-order valence-corrected chi connectivity index (χ0v) is 11.9. The third-order valence-electron chi connectivity index (χ3n) is 3.64. The van der Waals surface area contributed by atoms with Crippen LogP contribution in [0.25, 0.3) is 21.7 Å². The summed E-state index contributed by atoms with van der Waals surface area (Å²) in [7, 11) is 0. The quantitative estimate of drug-likeness (QED) is 0.434. The Morgan fingerprint density at radius 2 is 1.75 bits per heavy atom. The van der Waals surface area contributed by atoms with E-state index in [0.29, 0.717) is 5.88 Å². The van der Waals surface area contributed by atoms with Crippen LogP contribution in [0.2, 0.25) is 0 Å². The van der Waals surface area contributed by atoms with Gasteiger partial charge in [-0.2, -0.15) is 0 Å². The van der Waals surface area contributed by atoms with Gasteiger partial charge >= 0.3 is 0 Å². The molecule has 102 valence electrons. The van der Waals surface area contributed by atoms with Crippen LogP contribution < -0.4 is 5.56 Å². The van der Waals surface area contributed by atoms with Crippen LogP contribution in [0.15, 0.2) is 47.3 Å². The summed E-state index contributed by atoms with van der Waals surface area (Å²) in [5.74, 6) is 0.712. The summed E-state index contributed by atoms with van der Waals surface area (Å²) >= 11 is 5.72. The molecule has 2 aromatic carbocycles. The minimum absolute atomic E-state index is 0.0250. The molecule has 1 N–H and O–H groups in total. The van der Waals surface area contributed by atoms with E-state index < -0.39 is 0 Å². The molecule has 0 aliphatic carbocycles. The Hall–Kier alpha value is -1.80. The number of pyridine rings is 1. The number of aromatic nitrogens is 1. The summed E-state index contributed by atoms with van der Waals surface area (Å²) in [5, 5.41) is 2.88. The number of unbranched alkanes of at least 4 members (excludes halogenated alkanes) is 1. The first-order valence-corrected chi connectivity index (χ1v) is 7.42. The van der Waals surface area contributed by atoms with Gasteiger partial charge in [0.15, 0.2) is 0 Å². The van der Waals surface area contributed by atoms with E-state index in [0.717, 1.165) is 40.9 Å². The van der Waals surface area contributed by atoms with Crippen LogP contribution in [0.5, 0.6) is 0 Å². The molecule has 0 aliphatic heterocycles. The highest BCUT2D eigenvalue weighted by atomic mass is 35.5. The molecule has 0 radical (unpaired) electrons. The zero-order valence-electron chi connectivity index (χ0n) is 11.2. The average Bonchev–Trinajstić information content (AvgIpc) is 2.48. The van der Waals surface area contributed by atoms with Gasteiger partial charge in [0.2, 0.25) is 0 Å². The third-order valence-corrected chi connectivity index (χ3v) is 3.91. The highest BCUT2D eigenvalue weighted by Gasteiger charge is 2.05. The van der Waals surface area contributed by atoms with Gasteiger partial charge in [0.05, 0.1) is 0 Å². The highest BCUT2D eigenvalue weighted by molar-refractivity contribution is 6.17. The normalized spacial score (nSPS) is 11.2. The number of halogens is 1. The fourth-order valence-corrected chi connectivity index (χ4v) is 2.80. The topological polar surface area (TPSA) is 32.9 Å². The maximum atomic E-state index is 12.0. The standard InChI is InChI=1S/C17H16ClNO/c18-10-4-3-5-12-8-9-16-15(11-12)13-6-1-2-7-14(13)17(20)19-16/h1-2,6-9,11H,3-5,10H2,(H,19,20). The molecular weight excluding hydrogens is 270 g/mol. The van der Waals surface area contributed by atoms with Gasteiger partial charge in [0, 0.05) is 22.2 Å². The average molecular weight is 286 g/mol. The molecule has 0 spiro atoms. The number of alkyl halides is 1. The Bertz CT molecular complexity index is 807. The van der Waals surface area contributed by atoms with Gasteiger partial charge in [-0.15, -0.1) is 11.6 Å². The summed E-state index contributed by atoms with van der Waals surface area (Å²) in [6, 6.07) is 14.0. The number of aromatic amines is 1. The predicted molar refractivity (Wildman–Crippen MR) is 85.7 cm³/mol. The van der Waals surface area contributed by atoms with Crippen molar-refractivity contribution in [3.05, 3.63) is 58.4 Å². The molecule has 0 bridgehead atoms. The minimum Gasteiger partial charge on any atom is -0.321 e. The maximum Gasteiger partial charge on any atom is 0.256 e. The van der Waals surface area contributed by atoms with Gasteiger partial charge in [-0.05, 0) is 48.4 Å². The van der Waals surface area contributed by atoms with Gasteiger partial charge in [-0.3, -0.25) is 4.79 Å². The van der Waals surface area contributed by atoms with Crippen molar-refractivity contribution >= 4 is 33.3 Å². The first-order chi connectivity index (χ1) is 9.79. The smallest absolute Gasteiger partial charge is 0.256 e. The van der Waals surface area contributed by atoms with E-state index in [2.05, 4.69) is 17.1 Å². The summed E-state index contributed by atoms with van der Waals surface area (Å²) in [6.45, 7) is 0. The van der Waals surface area contributed by atoms with Crippen LogP contribution >= 0.6 is 11.6 Å². The minimum atomic E-state index is -0.0250. The van der Waals surface area contributed by atoms with E-state index in [1.807, 2.05) is 30.3 Å². The molecule has 3 aromatic rings. The van der Waals surface area contributed by atoms with Crippen molar-refractivity contribution in [3.63, 3.8) is 0 Å². The number of hydrogen-bond donors (Lipinski definition) is 1. The lowest BCUT2D eigenvalue weighted by Gasteiger charge is -2.06. The SMILES string of the molecule is O=c1[nH]c2ccc(CCCCCl)cc2c2ccccc12. The lowest BCUT2D eigenvalue weighted by atomic mass is 10.0. The van der Waals surface area contributed by atoms with Crippen molar-refractivity contribution in [1.82, 2.24) is 4.98 Å². The van der Waals surface area contributed by atoms with Gasteiger partial charge in [0.25, 0.3) is 5.56 Å². The first-order valence-electron chi connectivity index (χ1n) is 6.89. The Kier molecular flexibility index (Phi) is 3.75. The fourth-order valence-electron chi connectivity index (χ4n) is 2.61. The molecule has 2 nitrogen and oxygen atoms in total. The Morgan fingerprint density at radius 3 is 2.55 bits per heavy atom. The molecule has 3 rings (SSSR count). The van der Waals surface area contributed by atoms with Crippen molar-refractivity contribution in [2.75, 3.05) is 5.88 Å². The van der Waals surface area contributed by atoms with Gasteiger partial charge < -0.3 is 4.98 Å². The maximum absolute atomic E-state index is 12.0. The van der Waals surface area contributed by atoms with Crippen LogP contribution in [0.1, 0.15) is 18.4 Å². The molecule has 0 saturated carbocycles. The number of hydrogen-bond acceptors (Lipinski definition) is 1. The van der Waals surface area contributed by atoms with Crippen LogP contribution in [-0.2, 0) is 6.42 Å². The van der Waals surface area contributed by atoms with E-state index in [1.54, 1.807) is 0 Å². The van der Waals surface area contributed by atoms with E-state index in [9.17, 15) is 4.79 Å². The second kappa shape index (κ2) is 5.68. The Balaban J connectivity index is 2.14. The monoisotopic (exact) mass is 285 g/mol. The molecule has 0 fully saturated rings. The van der Waals surface area contributed by atoms with E-state index in [-0.39, 0.29) is 5.56 Å². The molecule has 0 amide bonds. The molecule has 0 aliphatic rings. The van der Waals surface area contributed by atoms with Crippen molar-refractivity contribution in [3.8, 4) is 0 Å². The van der Waals surface area contributed by atoms with Gasteiger partial charge in [-0.25, -0.2) is 0 Å². The summed E-state index contributed by atoms with van der Waals surface area (Å²) in [6.07, 6.45) is 3.15. The molecule has 0 unspecified atom stereocenters. The Labute approximate surface area is 122 Å². The number of benzene rings is 2. The van der Waals surface area contributed by atoms with Crippen LogP contribution in [0, 0.1) is 0 Å². The number of aryl methyl sites for hydroxylation is 1. The molecule has 1 aromatic heterocycles. The highest BCUT2D eigenvalue weighted by Crippen LogP contribution is 2.22. The second-order valence-electron chi connectivity index (χ2n) is 5.03. The van der Waals surface area contributed by atoms with E-state index >= 15 is 0 Å². The van der Waals surface area contributed by atoms with Crippen molar-refractivity contribution in [2.45, 2.75) is 19.3 Å². The van der Waals surface area contributed by atoms with Crippen LogP contribution in [0.4, 0.5) is 0 Å². The first kappa shape index (κ1) is 13.2. The number of rotatable bonds is 4. The number of H-pyrrole nitrogens is 1. The number of fused-ring (bicyclic) bond motifs is 3. The van der Waals surface area contributed by atoms with E-state index in [1.165, 1.54) is 5.56 Å². The third kappa shape index (κ3) is 2.44. The molecular formula is C17H16ClNO. The zero-order chi connectivity index (χ0) is 13.9. The van der Waals surface area contributed by atoms with Crippen molar-refractivity contribution < 1.29 is 0 Å². The second-order valence-corrected chi connectivity index (χ2v) is 5.40. The lowest BCUT2D eigenvalue weighted by Crippen LogP contribution is -2.06. The van der Waals surface area contributed by atoms with Crippen molar-refractivity contribution in [1.29, 1.82) is 0 Å². The summed E-state index contributed by atoms with van der Waals surface area (Å²) in [5.41, 5.74) is 2.16. The molecule has 0 saturated heterocycles. The Morgan fingerprint density at radius 1 is 0.950 bits per heavy atom. The van der Waals surface area contributed by atoms with Crippen LogP contribution in [-0.4, -0.2) is 10.9 Å². The van der Waals surface area contributed by atoms with Gasteiger partial charge in [-0.1, -0.05) is 24.3 Å². The summed E-state index contributed by atoms with van der Waals surface area (Å²) in [4.78, 5) is 15.0. The molecule has 1 heterocycles. The van der Waals surface area contributed by atoms with E-state index in [4.69, 9.17) is 11.6 Å². The fraction of sp³-hybridized carbons (Fsp3) is 0.235. The number of nitrogens with one attached hydrogen (secondary N) is 1. The predicted octanol–water partition coefficient (Wildman–Crippen LogP) is 4.24. The molecule has 20 heavy (non-hydrogen) atoms. The van der Waals surface area contributed by atoms with Crippen molar-refractivity contribution in [2.24, 2.45) is 0 Å².